The zero-order valence-corrected chi connectivity index (χ0v) is 26.0. The molecule has 0 aliphatic rings. The van der Waals surface area contributed by atoms with Crippen LogP contribution >= 0.6 is 62.8 Å². The van der Waals surface area contributed by atoms with Crippen molar-refractivity contribution >= 4 is 74.4 Å². The molecule has 1 aromatic heterocycles. The number of halogens is 2. The molecule has 3 aromatic carbocycles. The van der Waals surface area contributed by atoms with Gasteiger partial charge in [-0.05, 0) is 73.0 Å². The van der Waals surface area contributed by atoms with Crippen LogP contribution in [0.25, 0.3) is 11.1 Å². The first-order chi connectivity index (χ1) is 18.3. The van der Waals surface area contributed by atoms with Crippen LogP contribution < -0.4 is 10.1 Å². The summed E-state index contributed by atoms with van der Waals surface area (Å²) < 4.78 is 6.74. The lowest BCUT2D eigenvalue weighted by atomic mass is 10.0. The number of aryl methyl sites for hydroxylation is 1. The molecule has 0 aliphatic carbocycles. The predicted octanol–water partition coefficient (Wildman–Crippen LogP) is 10.0. The number of rotatable bonds is 9. The fourth-order valence-electron chi connectivity index (χ4n) is 3.90. The maximum Gasteiger partial charge on any atom is 0.221 e. The van der Waals surface area contributed by atoms with Crippen LogP contribution in [0.2, 0.25) is 0 Å². The first-order valence-electron chi connectivity index (χ1n) is 11.6. The highest BCUT2D eigenvalue weighted by molar-refractivity contribution is 9.10. The van der Waals surface area contributed by atoms with Crippen molar-refractivity contribution in [2.24, 2.45) is 0 Å². The van der Waals surface area contributed by atoms with Crippen LogP contribution in [0, 0.1) is 6.92 Å². The summed E-state index contributed by atoms with van der Waals surface area (Å²) in [6.45, 7) is 3.50. The number of hydrogen-bond donors (Lipinski definition) is 1. The number of alkyl halides is 1. The summed E-state index contributed by atoms with van der Waals surface area (Å²) in [4.78, 5) is 18.7. The summed E-state index contributed by atoms with van der Waals surface area (Å²) in [5, 5.41) is 3.90. The molecular weight excluding hydrogens is 620 g/mol. The highest BCUT2D eigenvalue weighted by Crippen LogP contribution is 2.50. The van der Waals surface area contributed by atoms with Gasteiger partial charge in [0.2, 0.25) is 5.91 Å². The molecule has 0 radical (unpaired) electrons. The molecule has 0 spiro atoms. The number of nitrogens with zero attached hydrogens (tertiary/aromatic N) is 1. The minimum Gasteiger partial charge on any atom is -0.456 e. The molecule has 196 valence electrons. The highest BCUT2D eigenvalue weighted by Gasteiger charge is 2.23. The minimum absolute atomic E-state index is 0.167. The monoisotopic (exact) mass is 644 g/mol. The summed E-state index contributed by atoms with van der Waals surface area (Å²) in [7, 11) is 0. The average Bonchev–Trinajstić information content (AvgIpc) is 2.90. The molecule has 1 atom stereocenters. The third-order valence-electron chi connectivity index (χ3n) is 5.52. The van der Waals surface area contributed by atoms with Gasteiger partial charge < -0.3 is 10.1 Å². The second kappa shape index (κ2) is 13.3. The lowest BCUT2D eigenvalue weighted by Gasteiger charge is -2.21. The summed E-state index contributed by atoms with van der Waals surface area (Å²) in [5.41, 5.74) is 4.71. The number of pyridine rings is 1. The highest BCUT2D eigenvalue weighted by atomic mass is 79.9. The number of carbonyl (C=O) groups is 1. The molecule has 0 bridgehead atoms. The van der Waals surface area contributed by atoms with Gasteiger partial charge in [0.05, 0.1) is 10.6 Å². The maximum absolute atomic E-state index is 12.0. The Bertz CT molecular complexity index is 1430. The summed E-state index contributed by atoms with van der Waals surface area (Å²) in [6.07, 6.45) is 4.12. The fraction of sp³-hybridized carbons (Fsp3) is 0.172. The topological polar surface area (TPSA) is 51.2 Å². The van der Waals surface area contributed by atoms with E-state index < -0.39 is 4.71 Å². The predicted molar refractivity (Wildman–Crippen MR) is 167 cm³/mol. The van der Waals surface area contributed by atoms with Crippen molar-refractivity contribution in [2.45, 2.75) is 33.4 Å². The second-order valence-electron chi connectivity index (χ2n) is 8.24. The number of hydrogen-bond acceptors (Lipinski definition) is 6. The van der Waals surface area contributed by atoms with Crippen molar-refractivity contribution in [3.63, 3.8) is 0 Å². The van der Waals surface area contributed by atoms with Crippen LogP contribution in [0.15, 0.2) is 92.1 Å². The van der Waals surface area contributed by atoms with E-state index in [1.165, 1.54) is 18.7 Å². The average molecular weight is 646 g/mol. The molecule has 1 N–H and O–H groups in total. The van der Waals surface area contributed by atoms with E-state index in [1.54, 1.807) is 23.5 Å². The van der Waals surface area contributed by atoms with Gasteiger partial charge in [-0.25, -0.2) is 4.98 Å². The fourth-order valence-corrected chi connectivity index (χ4v) is 7.05. The Morgan fingerprint density at radius 2 is 1.76 bits per heavy atom. The number of aromatic nitrogens is 1. The SMILES string of the molecule is CSc1cc(C)nc(SC)c1-c1ccccc1C(Cl)Sc1c(NC(C)=O)cccc1Oc1ccc(Br)cc1. The Balaban J connectivity index is 1.78. The van der Waals surface area contributed by atoms with E-state index in [0.717, 1.165) is 41.7 Å². The van der Waals surface area contributed by atoms with Crippen LogP contribution in [-0.4, -0.2) is 23.4 Å². The lowest BCUT2D eigenvalue weighted by Crippen LogP contribution is -2.07. The van der Waals surface area contributed by atoms with Gasteiger partial charge in [-0.1, -0.05) is 58.0 Å². The second-order valence-corrected chi connectivity index (χ2v) is 12.6. The largest absolute Gasteiger partial charge is 0.456 e. The number of ether oxygens (including phenoxy) is 1. The molecule has 4 nitrogen and oxygen atoms in total. The van der Waals surface area contributed by atoms with Crippen LogP contribution in [0.1, 0.15) is 22.9 Å². The maximum atomic E-state index is 12.0. The van der Waals surface area contributed by atoms with E-state index >= 15 is 0 Å². The standard InChI is InChI=1S/C29H26BrClN2O2S3/c1-17-16-25(36-3)26(29(32-17)37-4)21-8-5-6-9-22(21)28(31)38-27-23(33-18(2)34)10-7-11-24(27)35-20-14-12-19(30)13-15-20/h5-16,28H,1-4H3,(H,33,34). The van der Waals surface area contributed by atoms with Gasteiger partial charge in [0, 0.05) is 27.5 Å². The van der Waals surface area contributed by atoms with Crippen molar-refractivity contribution in [2.75, 3.05) is 17.8 Å². The normalized spacial score (nSPS) is 11.7. The van der Waals surface area contributed by atoms with E-state index in [2.05, 4.69) is 39.6 Å². The quantitative estimate of drug-likeness (QED) is 0.144. The Morgan fingerprint density at radius 3 is 2.45 bits per heavy atom. The molecule has 1 heterocycles. The molecule has 0 fully saturated rings. The van der Waals surface area contributed by atoms with Crippen molar-refractivity contribution < 1.29 is 9.53 Å². The van der Waals surface area contributed by atoms with Crippen molar-refractivity contribution in [3.8, 4) is 22.6 Å². The molecule has 0 aliphatic heterocycles. The van der Waals surface area contributed by atoms with Crippen molar-refractivity contribution in [1.29, 1.82) is 0 Å². The van der Waals surface area contributed by atoms with Gasteiger partial charge in [-0.15, -0.1) is 35.1 Å². The van der Waals surface area contributed by atoms with Gasteiger partial charge in [0.25, 0.3) is 0 Å². The molecule has 4 aromatic rings. The van der Waals surface area contributed by atoms with E-state index in [0.29, 0.717) is 17.2 Å². The third-order valence-corrected chi connectivity index (χ3v) is 9.11. The van der Waals surface area contributed by atoms with Crippen molar-refractivity contribution in [1.82, 2.24) is 4.98 Å². The number of benzene rings is 3. The lowest BCUT2D eigenvalue weighted by molar-refractivity contribution is -0.114. The minimum atomic E-state index is -0.473. The first-order valence-corrected chi connectivity index (χ1v) is 16.2. The molecule has 0 saturated heterocycles. The smallest absolute Gasteiger partial charge is 0.221 e. The Labute approximate surface area is 249 Å². The van der Waals surface area contributed by atoms with Crippen LogP contribution in [0.4, 0.5) is 5.69 Å². The molecule has 38 heavy (non-hydrogen) atoms. The molecule has 0 saturated carbocycles. The van der Waals surface area contributed by atoms with Gasteiger partial charge in [0.15, 0.2) is 0 Å². The van der Waals surface area contributed by atoms with Crippen molar-refractivity contribution in [3.05, 3.63) is 88.5 Å². The Morgan fingerprint density at radius 1 is 1.03 bits per heavy atom. The zero-order chi connectivity index (χ0) is 27.2. The van der Waals surface area contributed by atoms with E-state index in [1.807, 2.05) is 73.8 Å². The molecular formula is C29H26BrClN2O2S3. The van der Waals surface area contributed by atoms with Gasteiger partial charge in [0.1, 0.15) is 21.2 Å². The van der Waals surface area contributed by atoms with E-state index in [4.69, 9.17) is 21.3 Å². The van der Waals surface area contributed by atoms with E-state index in [-0.39, 0.29) is 5.91 Å². The summed E-state index contributed by atoms with van der Waals surface area (Å²) in [5.74, 6) is 1.12. The third kappa shape index (κ3) is 6.90. The Hall–Kier alpha value is -2.10. The number of carbonyl (C=O) groups excluding carboxylic acids is 1. The van der Waals surface area contributed by atoms with Crippen LogP contribution in [0.3, 0.4) is 0 Å². The molecule has 4 rings (SSSR count). The zero-order valence-electron chi connectivity index (χ0n) is 21.2. The van der Waals surface area contributed by atoms with Gasteiger partial charge >= 0.3 is 0 Å². The van der Waals surface area contributed by atoms with Crippen LogP contribution in [0.5, 0.6) is 11.5 Å². The molecule has 1 unspecified atom stereocenters. The van der Waals surface area contributed by atoms with E-state index in [9.17, 15) is 4.79 Å². The number of anilines is 1. The first kappa shape index (κ1) is 28.9. The number of amides is 1. The number of thioether (sulfide) groups is 3. The van der Waals surface area contributed by atoms with Gasteiger partial charge in [-0.2, -0.15) is 0 Å². The van der Waals surface area contributed by atoms with Crippen LogP contribution in [-0.2, 0) is 4.79 Å². The molecule has 1 amide bonds. The number of nitrogens with one attached hydrogen (secondary N) is 1. The summed E-state index contributed by atoms with van der Waals surface area (Å²) >= 11 is 15.4. The summed E-state index contributed by atoms with van der Waals surface area (Å²) in [6, 6.07) is 23.5. The molecule has 9 heteroatoms. The van der Waals surface area contributed by atoms with Gasteiger partial charge in [-0.3, -0.25) is 4.79 Å². The Kier molecular flexibility index (Phi) is 10.1.